The third-order valence-electron chi connectivity index (χ3n) is 0.990. The predicted octanol–water partition coefficient (Wildman–Crippen LogP) is 3.26. The molecule has 0 aromatic heterocycles. The second kappa shape index (κ2) is 2.82. The van der Waals surface area contributed by atoms with Crippen molar-refractivity contribution in [3.63, 3.8) is 0 Å². The monoisotopic (exact) mass is 193 g/mol. The molecule has 1 aromatic rings. The van der Waals surface area contributed by atoms with Gasteiger partial charge in [-0.3, -0.25) is 0 Å². The number of rotatable bonds is 0. The molecule has 0 atom stereocenters. The second-order valence-electron chi connectivity index (χ2n) is 1.74. The van der Waals surface area contributed by atoms with E-state index < -0.39 is 0 Å². The molecule has 0 saturated carbocycles. The van der Waals surface area contributed by atoms with Gasteiger partial charge in [0.15, 0.2) is 5.75 Å². The van der Waals surface area contributed by atoms with Crippen molar-refractivity contribution >= 4 is 35.8 Å². The van der Waals surface area contributed by atoms with Gasteiger partial charge >= 0.3 is 0 Å². The van der Waals surface area contributed by atoms with Gasteiger partial charge in [-0.2, -0.15) is 0 Å². The van der Waals surface area contributed by atoms with E-state index >= 15 is 0 Å². The second-order valence-corrected chi connectivity index (χ2v) is 3.02. The van der Waals surface area contributed by atoms with Crippen LogP contribution in [0.1, 0.15) is 0 Å². The van der Waals surface area contributed by atoms with Crippen LogP contribution in [0.4, 0.5) is 0 Å². The van der Waals surface area contributed by atoms with Crippen LogP contribution in [0.2, 0.25) is 10.0 Å². The summed E-state index contributed by atoms with van der Waals surface area (Å²) in [5.74, 6) is -0.114. The first-order chi connectivity index (χ1) is 4.61. The lowest BCUT2D eigenvalue weighted by Gasteiger charge is -1.98. The van der Waals surface area contributed by atoms with Gasteiger partial charge in [0.1, 0.15) is 0 Å². The zero-order chi connectivity index (χ0) is 7.72. The number of hydrogen-bond donors (Lipinski definition) is 1. The molecule has 1 N–H and O–H groups in total. The van der Waals surface area contributed by atoms with E-state index in [1.54, 1.807) is 0 Å². The molecule has 0 aliphatic carbocycles. The van der Waals surface area contributed by atoms with Crippen molar-refractivity contribution in [1.29, 1.82) is 0 Å². The van der Waals surface area contributed by atoms with Crippen LogP contribution in [0.25, 0.3) is 0 Å². The van der Waals surface area contributed by atoms with E-state index in [-0.39, 0.29) is 15.8 Å². The Morgan fingerprint density at radius 3 is 2.00 bits per heavy atom. The highest BCUT2D eigenvalue weighted by Crippen LogP contribution is 2.33. The highest BCUT2D eigenvalue weighted by molar-refractivity contribution is 7.80. The molecular weight excluding hydrogens is 191 g/mol. The maximum absolute atomic E-state index is 9.02. The third-order valence-corrected chi connectivity index (χ3v) is 1.80. The van der Waals surface area contributed by atoms with Crippen LogP contribution in [-0.2, 0) is 0 Å². The van der Waals surface area contributed by atoms with E-state index in [4.69, 9.17) is 40.9 Å². The summed E-state index contributed by atoms with van der Waals surface area (Å²) in [4.78, 5) is 0.521. The first-order valence-electron chi connectivity index (χ1n) is 2.46. The van der Waals surface area contributed by atoms with E-state index in [1.807, 2.05) is 0 Å². The van der Waals surface area contributed by atoms with Crippen LogP contribution in [0.15, 0.2) is 17.0 Å². The Balaban J connectivity index is 3.31. The molecule has 0 fully saturated rings. The Kier molecular flexibility index (Phi) is 2.24. The SMILES string of the molecule is Oc1c(Cl)cc([S])cc1Cl. The van der Waals surface area contributed by atoms with Crippen LogP contribution >= 0.6 is 35.8 Å². The van der Waals surface area contributed by atoms with Crippen LogP contribution in [0, 0.1) is 0 Å². The lowest BCUT2D eigenvalue weighted by atomic mass is 10.3. The lowest BCUT2D eigenvalue weighted by molar-refractivity contribution is 0.475. The summed E-state index contributed by atoms with van der Waals surface area (Å²) in [5, 5.41) is 9.40. The Bertz CT molecular complexity index is 239. The molecule has 0 amide bonds. The highest BCUT2D eigenvalue weighted by Gasteiger charge is 2.03. The molecule has 0 heterocycles. The summed E-state index contributed by atoms with van der Waals surface area (Å²) < 4.78 is 0. The van der Waals surface area contributed by atoms with E-state index in [2.05, 4.69) is 0 Å². The Labute approximate surface area is 74.0 Å². The van der Waals surface area contributed by atoms with E-state index in [1.165, 1.54) is 12.1 Å². The molecule has 1 aromatic carbocycles. The maximum atomic E-state index is 9.02. The third kappa shape index (κ3) is 1.45. The van der Waals surface area contributed by atoms with Crippen molar-refractivity contribution < 1.29 is 5.11 Å². The van der Waals surface area contributed by atoms with Crippen molar-refractivity contribution in [2.75, 3.05) is 0 Å². The summed E-state index contributed by atoms with van der Waals surface area (Å²) >= 11 is 15.8. The number of halogens is 2. The van der Waals surface area contributed by atoms with Crippen molar-refractivity contribution in [2.45, 2.75) is 4.90 Å². The molecule has 1 rings (SSSR count). The van der Waals surface area contributed by atoms with Crippen LogP contribution in [0.3, 0.4) is 0 Å². The maximum Gasteiger partial charge on any atom is 0.152 e. The van der Waals surface area contributed by atoms with Gasteiger partial charge in [0.25, 0.3) is 0 Å². The van der Waals surface area contributed by atoms with Crippen molar-refractivity contribution in [2.24, 2.45) is 0 Å². The van der Waals surface area contributed by atoms with E-state index in [0.29, 0.717) is 4.90 Å². The molecular formula is C6H3Cl2OS. The standard InChI is InChI=1S/C6H3Cl2OS/c7-4-1-3(10)2-5(8)6(4)9/h1-2,9H. The summed E-state index contributed by atoms with van der Waals surface area (Å²) in [6, 6.07) is 2.94. The molecule has 0 spiro atoms. The molecule has 0 unspecified atom stereocenters. The minimum atomic E-state index is -0.114. The number of phenolic OH excluding ortho intramolecular Hbond substituents is 1. The van der Waals surface area contributed by atoms with Gasteiger partial charge in [0.05, 0.1) is 10.0 Å². The van der Waals surface area contributed by atoms with Crippen molar-refractivity contribution in [1.82, 2.24) is 0 Å². The van der Waals surface area contributed by atoms with Gasteiger partial charge in [0, 0.05) is 4.90 Å². The summed E-state index contributed by atoms with van der Waals surface area (Å²) in [7, 11) is 0. The van der Waals surface area contributed by atoms with Crippen molar-refractivity contribution in [3.05, 3.63) is 22.2 Å². The zero-order valence-electron chi connectivity index (χ0n) is 4.77. The number of benzene rings is 1. The van der Waals surface area contributed by atoms with E-state index in [0.717, 1.165) is 0 Å². The van der Waals surface area contributed by atoms with Gasteiger partial charge in [-0.05, 0) is 12.1 Å². The highest BCUT2D eigenvalue weighted by atomic mass is 35.5. The largest absolute Gasteiger partial charge is 0.505 e. The average Bonchev–Trinajstić information content (AvgIpc) is 1.82. The normalized spacial score (nSPS) is 9.80. The average molecular weight is 194 g/mol. The van der Waals surface area contributed by atoms with Gasteiger partial charge in [-0.15, -0.1) is 0 Å². The molecule has 0 aliphatic rings. The fourth-order valence-corrected chi connectivity index (χ4v) is 1.39. The Morgan fingerprint density at radius 2 is 1.60 bits per heavy atom. The molecule has 4 heteroatoms. The summed E-state index contributed by atoms with van der Waals surface area (Å²) in [6.45, 7) is 0. The molecule has 0 saturated heterocycles. The van der Waals surface area contributed by atoms with Crippen LogP contribution in [-0.4, -0.2) is 5.11 Å². The minimum Gasteiger partial charge on any atom is -0.505 e. The molecule has 0 aliphatic heterocycles. The summed E-state index contributed by atoms with van der Waals surface area (Å²) in [5.41, 5.74) is 0. The van der Waals surface area contributed by atoms with E-state index in [9.17, 15) is 0 Å². The van der Waals surface area contributed by atoms with Crippen molar-refractivity contribution in [3.8, 4) is 5.75 Å². The van der Waals surface area contributed by atoms with Gasteiger partial charge in [-0.1, -0.05) is 35.8 Å². The first-order valence-corrected chi connectivity index (χ1v) is 3.62. The fourth-order valence-electron chi connectivity index (χ4n) is 0.542. The molecule has 0 bridgehead atoms. The molecule has 53 valence electrons. The molecule has 10 heavy (non-hydrogen) atoms. The minimum absolute atomic E-state index is 0.114. The van der Waals surface area contributed by atoms with Crippen LogP contribution < -0.4 is 0 Å². The Hall–Kier alpha value is -0.180. The first kappa shape index (κ1) is 7.92. The molecule has 1 radical (unpaired) electrons. The van der Waals surface area contributed by atoms with Gasteiger partial charge < -0.3 is 5.11 Å². The van der Waals surface area contributed by atoms with Gasteiger partial charge in [-0.25, -0.2) is 0 Å². The number of phenols is 1. The Morgan fingerprint density at radius 1 is 1.20 bits per heavy atom. The molecule has 1 nitrogen and oxygen atoms in total. The zero-order valence-corrected chi connectivity index (χ0v) is 7.09. The van der Waals surface area contributed by atoms with Crippen LogP contribution in [0.5, 0.6) is 5.75 Å². The number of hydrogen-bond acceptors (Lipinski definition) is 1. The summed E-state index contributed by atoms with van der Waals surface area (Å²) in [6.07, 6.45) is 0. The predicted molar refractivity (Wildman–Crippen MR) is 44.0 cm³/mol. The smallest absolute Gasteiger partial charge is 0.152 e. The number of aromatic hydroxyl groups is 1. The van der Waals surface area contributed by atoms with Gasteiger partial charge in [0.2, 0.25) is 0 Å². The fraction of sp³-hybridized carbons (Fsp3) is 0. The quantitative estimate of drug-likeness (QED) is 0.671. The topological polar surface area (TPSA) is 20.2 Å². The lowest BCUT2D eigenvalue weighted by Crippen LogP contribution is -1.71.